The van der Waals surface area contributed by atoms with Gasteiger partial charge in [-0.15, -0.1) is 0 Å². The molecule has 3 nitrogen and oxygen atoms in total. The van der Waals surface area contributed by atoms with Crippen molar-refractivity contribution < 1.29 is 4.57 Å². The van der Waals surface area contributed by atoms with Crippen molar-refractivity contribution in [2.45, 2.75) is 59.2 Å². The third kappa shape index (κ3) is 4.79. The van der Waals surface area contributed by atoms with Gasteiger partial charge in [0.15, 0.2) is 0 Å². The molecule has 2 N–H and O–H groups in total. The molecule has 0 radical (unpaired) electrons. The number of unbranched alkanes of at least 4 members (excludes halogenated alkanes) is 1. The smallest absolute Gasteiger partial charge is 0.243 e. The molecule has 0 spiro atoms. The number of hydrogen-bond acceptors (Lipinski definition) is 1. The highest BCUT2D eigenvalue weighted by molar-refractivity contribution is 4.67. The Morgan fingerprint density at radius 2 is 2.12 bits per heavy atom. The normalized spacial score (nSPS) is 13.3. The van der Waals surface area contributed by atoms with Gasteiger partial charge in [-0.3, -0.25) is 0 Å². The van der Waals surface area contributed by atoms with Gasteiger partial charge in [-0.1, -0.05) is 27.2 Å². The predicted molar refractivity (Wildman–Crippen MR) is 67.0 cm³/mol. The van der Waals surface area contributed by atoms with Crippen LogP contribution in [0.5, 0.6) is 0 Å². The first-order valence-corrected chi connectivity index (χ1v) is 6.42. The van der Waals surface area contributed by atoms with E-state index in [-0.39, 0.29) is 6.04 Å². The number of nitrogens with two attached hydrogens (primary N) is 1. The van der Waals surface area contributed by atoms with Crippen molar-refractivity contribution >= 4 is 0 Å². The predicted octanol–water partition coefficient (Wildman–Crippen LogP) is 1.95. The molecule has 0 bridgehead atoms. The van der Waals surface area contributed by atoms with Gasteiger partial charge in [-0.05, 0) is 18.8 Å². The largest absolute Gasteiger partial charge is 0.324 e. The second kappa shape index (κ2) is 6.69. The van der Waals surface area contributed by atoms with E-state index >= 15 is 0 Å². The molecule has 92 valence electrons. The molecule has 0 unspecified atom stereocenters. The van der Waals surface area contributed by atoms with Crippen LogP contribution < -0.4 is 10.3 Å². The lowest BCUT2D eigenvalue weighted by Crippen LogP contribution is -2.42. The van der Waals surface area contributed by atoms with Crippen LogP contribution in [0, 0.1) is 5.92 Å². The zero-order chi connectivity index (χ0) is 12.0. The van der Waals surface area contributed by atoms with Gasteiger partial charge in [-0.2, -0.15) is 0 Å². The van der Waals surface area contributed by atoms with E-state index in [2.05, 4.69) is 48.6 Å². The monoisotopic (exact) mass is 224 g/mol. The lowest BCUT2D eigenvalue weighted by atomic mass is 10.0. The number of hydrogen-bond donors (Lipinski definition) is 1. The minimum absolute atomic E-state index is 0.270. The van der Waals surface area contributed by atoms with Crippen molar-refractivity contribution in [1.82, 2.24) is 4.57 Å². The lowest BCUT2D eigenvalue weighted by Gasteiger charge is -2.11. The molecule has 0 aromatic carbocycles. The van der Waals surface area contributed by atoms with Gasteiger partial charge in [0, 0.05) is 6.04 Å². The Balaban J connectivity index is 2.39. The molecule has 16 heavy (non-hydrogen) atoms. The van der Waals surface area contributed by atoms with Gasteiger partial charge >= 0.3 is 0 Å². The topological polar surface area (TPSA) is 34.8 Å². The van der Waals surface area contributed by atoms with E-state index in [4.69, 9.17) is 5.73 Å². The molecule has 0 fully saturated rings. The number of imidazole rings is 1. The standard InChI is InChI=1S/C13H26N3/c1-4-5-6-15-7-8-16(11-15)10-13(14)9-12(2)3/h7-8,11-13H,4-6,9-10,14H2,1-3H3/q+1/t13-/m0/s1. The molecule has 1 rings (SSSR count). The van der Waals surface area contributed by atoms with Gasteiger partial charge in [0.2, 0.25) is 6.33 Å². The summed E-state index contributed by atoms with van der Waals surface area (Å²) in [4.78, 5) is 0. The first-order chi connectivity index (χ1) is 7.61. The van der Waals surface area contributed by atoms with Crippen molar-refractivity contribution in [3.05, 3.63) is 18.7 Å². The molecule has 0 aliphatic carbocycles. The number of aromatic nitrogens is 2. The van der Waals surface area contributed by atoms with Crippen LogP contribution in [0.25, 0.3) is 0 Å². The Hall–Kier alpha value is -0.830. The summed E-state index contributed by atoms with van der Waals surface area (Å²) in [5, 5.41) is 0. The lowest BCUT2D eigenvalue weighted by molar-refractivity contribution is -0.698. The fraction of sp³-hybridized carbons (Fsp3) is 0.769. The molecule has 0 saturated heterocycles. The van der Waals surface area contributed by atoms with E-state index in [1.807, 2.05) is 0 Å². The third-order valence-corrected chi connectivity index (χ3v) is 2.74. The molecule has 1 aromatic rings. The zero-order valence-electron chi connectivity index (χ0n) is 10.9. The van der Waals surface area contributed by atoms with Crippen LogP contribution in [0.15, 0.2) is 18.7 Å². The second-order valence-corrected chi connectivity index (χ2v) is 5.09. The van der Waals surface area contributed by atoms with E-state index < -0.39 is 0 Å². The summed E-state index contributed by atoms with van der Waals surface area (Å²) in [6.45, 7) is 8.70. The van der Waals surface area contributed by atoms with Gasteiger partial charge in [0.1, 0.15) is 18.9 Å². The van der Waals surface area contributed by atoms with Crippen molar-refractivity contribution in [1.29, 1.82) is 0 Å². The Kier molecular flexibility index (Phi) is 5.53. The fourth-order valence-electron chi connectivity index (χ4n) is 1.97. The second-order valence-electron chi connectivity index (χ2n) is 5.09. The quantitative estimate of drug-likeness (QED) is 0.706. The summed E-state index contributed by atoms with van der Waals surface area (Å²) >= 11 is 0. The molecule has 0 aliphatic rings. The third-order valence-electron chi connectivity index (χ3n) is 2.74. The summed E-state index contributed by atoms with van der Waals surface area (Å²) in [5.74, 6) is 0.678. The van der Waals surface area contributed by atoms with Crippen LogP contribution in [-0.2, 0) is 13.1 Å². The first-order valence-electron chi connectivity index (χ1n) is 6.42. The highest BCUT2D eigenvalue weighted by Gasteiger charge is 2.10. The van der Waals surface area contributed by atoms with Crippen molar-refractivity contribution in [3.8, 4) is 0 Å². The maximum absolute atomic E-state index is 6.09. The molecule has 1 atom stereocenters. The Labute approximate surface area is 99.3 Å². The molecule has 0 saturated carbocycles. The van der Waals surface area contributed by atoms with E-state index in [1.165, 1.54) is 12.8 Å². The van der Waals surface area contributed by atoms with E-state index in [0.717, 1.165) is 19.5 Å². The van der Waals surface area contributed by atoms with Crippen LogP contribution in [0.3, 0.4) is 0 Å². The maximum atomic E-state index is 6.09. The fourth-order valence-corrected chi connectivity index (χ4v) is 1.97. The summed E-state index contributed by atoms with van der Waals surface area (Å²) < 4.78 is 4.44. The average Bonchev–Trinajstić information content (AvgIpc) is 2.61. The molecule has 0 aliphatic heterocycles. The van der Waals surface area contributed by atoms with Crippen LogP contribution in [0.2, 0.25) is 0 Å². The summed E-state index contributed by atoms with van der Waals surface area (Å²) in [6, 6.07) is 0.270. The van der Waals surface area contributed by atoms with Crippen molar-refractivity contribution in [2.75, 3.05) is 0 Å². The van der Waals surface area contributed by atoms with Gasteiger partial charge < -0.3 is 5.73 Å². The van der Waals surface area contributed by atoms with Crippen LogP contribution in [0.4, 0.5) is 0 Å². The van der Waals surface area contributed by atoms with E-state index in [9.17, 15) is 0 Å². The zero-order valence-corrected chi connectivity index (χ0v) is 10.9. The van der Waals surface area contributed by atoms with Crippen LogP contribution in [-0.4, -0.2) is 10.6 Å². The number of nitrogens with zero attached hydrogens (tertiary/aromatic N) is 2. The van der Waals surface area contributed by atoms with Gasteiger partial charge in [0.25, 0.3) is 0 Å². The summed E-state index contributed by atoms with van der Waals surface area (Å²) in [5.41, 5.74) is 6.09. The van der Waals surface area contributed by atoms with Gasteiger partial charge in [0.05, 0.1) is 6.54 Å². The number of aryl methyl sites for hydroxylation is 1. The molecular formula is C13H26N3+. The van der Waals surface area contributed by atoms with E-state index in [0.29, 0.717) is 5.92 Å². The average molecular weight is 224 g/mol. The Morgan fingerprint density at radius 1 is 1.38 bits per heavy atom. The van der Waals surface area contributed by atoms with Crippen molar-refractivity contribution in [3.63, 3.8) is 0 Å². The summed E-state index contributed by atoms with van der Waals surface area (Å²) in [6.07, 6.45) is 9.99. The van der Waals surface area contributed by atoms with Gasteiger partial charge in [-0.25, -0.2) is 9.13 Å². The Bertz CT molecular complexity index is 291. The van der Waals surface area contributed by atoms with Crippen LogP contribution >= 0.6 is 0 Å². The maximum Gasteiger partial charge on any atom is 0.243 e. The molecule has 0 amide bonds. The highest BCUT2D eigenvalue weighted by Crippen LogP contribution is 2.02. The highest BCUT2D eigenvalue weighted by atomic mass is 15.1. The molecule has 3 heteroatoms. The first kappa shape index (κ1) is 13.2. The molecule has 1 heterocycles. The Morgan fingerprint density at radius 3 is 2.75 bits per heavy atom. The molecular weight excluding hydrogens is 198 g/mol. The summed E-state index contributed by atoms with van der Waals surface area (Å²) in [7, 11) is 0. The molecule has 1 aromatic heterocycles. The SMILES string of the molecule is CCCCn1cc[n+](C[C@@H](N)CC(C)C)c1. The number of rotatable bonds is 7. The van der Waals surface area contributed by atoms with E-state index in [1.54, 1.807) is 0 Å². The minimum atomic E-state index is 0.270. The van der Waals surface area contributed by atoms with Crippen molar-refractivity contribution in [2.24, 2.45) is 11.7 Å². The minimum Gasteiger partial charge on any atom is -0.324 e. The van der Waals surface area contributed by atoms with Crippen LogP contribution in [0.1, 0.15) is 40.0 Å².